The van der Waals surface area contributed by atoms with Crippen molar-refractivity contribution in [3.8, 4) is 0 Å². The Morgan fingerprint density at radius 2 is 2.06 bits per heavy atom. The molecule has 17 heavy (non-hydrogen) atoms. The fraction of sp³-hybridized carbons (Fsp3) is 0.643. The summed E-state index contributed by atoms with van der Waals surface area (Å²) in [5.74, 6) is 0. The summed E-state index contributed by atoms with van der Waals surface area (Å²) >= 11 is 0. The molecule has 0 atom stereocenters. The van der Waals surface area contributed by atoms with Crippen molar-refractivity contribution in [2.24, 2.45) is 5.73 Å². The number of nitrogens with two attached hydrogens (primary N) is 1. The van der Waals surface area contributed by atoms with E-state index in [1.807, 2.05) is 13.0 Å². The minimum absolute atomic E-state index is 0.811. The first-order valence-electron chi connectivity index (χ1n) is 6.61. The lowest BCUT2D eigenvalue weighted by Crippen LogP contribution is -2.24. The fourth-order valence-electron chi connectivity index (χ4n) is 1.92. The molecule has 1 aromatic heterocycles. The summed E-state index contributed by atoms with van der Waals surface area (Å²) < 4.78 is 0. The number of aromatic nitrogens is 1. The molecule has 0 saturated carbocycles. The summed E-state index contributed by atoms with van der Waals surface area (Å²) in [6, 6.07) is 6.23. The van der Waals surface area contributed by atoms with Crippen molar-refractivity contribution >= 4 is 0 Å². The van der Waals surface area contributed by atoms with E-state index in [1.165, 1.54) is 18.5 Å². The Bertz CT molecular complexity index is 312. The second-order valence-corrected chi connectivity index (χ2v) is 4.49. The second-order valence-electron chi connectivity index (χ2n) is 4.49. The molecule has 0 aliphatic carbocycles. The van der Waals surface area contributed by atoms with E-state index in [-0.39, 0.29) is 0 Å². The van der Waals surface area contributed by atoms with E-state index in [2.05, 4.69) is 28.9 Å². The number of pyridine rings is 1. The summed E-state index contributed by atoms with van der Waals surface area (Å²) in [4.78, 5) is 6.99. The van der Waals surface area contributed by atoms with Gasteiger partial charge in [0.05, 0.1) is 5.69 Å². The number of hydrogen-bond acceptors (Lipinski definition) is 3. The van der Waals surface area contributed by atoms with Crippen LogP contribution in [0.15, 0.2) is 18.2 Å². The molecule has 0 aliphatic rings. The monoisotopic (exact) mass is 235 g/mol. The van der Waals surface area contributed by atoms with Crippen LogP contribution in [-0.4, -0.2) is 29.5 Å². The Balaban J connectivity index is 2.35. The summed E-state index contributed by atoms with van der Waals surface area (Å²) in [6.07, 6.45) is 3.60. The standard InChI is InChI=1S/C14H25N3/c1-3-17(11-6-4-5-10-15)12-14-9-7-8-13(2)16-14/h7-9H,3-6,10-12,15H2,1-2H3. The summed E-state index contributed by atoms with van der Waals surface area (Å²) in [5.41, 5.74) is 7.77. The minimum atomic E-state index is 0.811. The van der Waals surface area contributed by atoms with Gasteiger partial charge in [0.2, 0.25) is 0 Å². The molecule has 2 N–H and O–H groups in total. The maximum Gasteiger partial charge on any atom is 0.0547 e. The minimum Gasteiger partial charge on any atom is -0.330 e. The van der Waals surface area contributed by atoms with E-state index in [1.54, 1.807) is 0 Å². The molecule has 0 aromatic carbocycles. The molecule has 0 saturated heterocycles. The largest absolute Gasteiger partial charge is 0.330 e. The lowest BCUT2D eigenvalue weighted by molar-refractivity contribution is 0.270. The highest BCUT2D eigenvalue weighted by Crippen LogP contribution is 2.05. The molecule has 0 aliphatic heterocycles. The molecule has 96 valence electrons. The van der Waals surface area contributed by atoms with Gasteiger partial charge in [0, 0.05) is 12.2 Å². The molecular formula is C14H25N3. The Kier molecular flexibility index (Phi) is 6.82. The second kappa shape index (κ2) is 8.20. The zero-order valence-corrected chi connectivity index (χ0v) is 11.2. The van der Waals surface area contributed by atoms with Gasteiger partial charge in [0.15, 0.2) is 0 Å². The Hall–Kier alpha value is -0.930. The van der Waals surface area contributed by atoms with Crippen LogP contribution in [0.5, 0.6) is 0 Å². The molecule has 1 rings (SSSR count). The van der Waals surface area contributed by atoms with E-state index in [0.29, 0.717) is 0 Å². The van der Waals surface area contributed by atoms with E-state index in [9.17, 15) is 0 Å². The van der Waals surface area contributed by atoms with Crippen molar-refractivity contribution in [3.05, 3.63) is 29.6 Å². The molecule has 0 amide bonds. The van der Waals surface area contributed by atoms with Crippen molar-refractivity contribution in [3.63, 3.8) is 0 Å². The molecular weight excluding hydrogens is 210 g/mol. The van der Waals surface area contributed by atoms with E-state index >= 15 is 0 Å². The molecule has 3 heteroatoms. The van der Waals surface area contributed by atoms with Crippen molar-refractivity contribution < 1.29 is 0 Å². The Morgan fingerprint density at radius 3 is 2.71 bits per heavy atom. The SMILES string of the molecule is CCN(CCCCCN)Cc1cccc(C)n1. The zero-order valence-electron chi connectivity index (χ0n) is 11.2. The first-order valence-corrected chi connectivity index (χ1v) is 6.61. The van der Waals surface area contributed by atoms with Crippen LogP contribution in [0.1, 0.15) is 37.6 Å². The van der Waals surface area contributed by atoms with Crippen molar-refractivity contribution in [1.29, 1.82) is 0 Å². The average molecular weight is 235 g/mol. The van der Waals surface area contributed by atoms with Gasteiger partial charge in [-0.1, -0.05) is 19.4 Å². The highest BCUT2D eigenvalue weighted by Gasteiger charge is 2.04. The van der Waals surface area contributed by atoms with Crippen LogP contribution in [0, 0.1) is 6.92 Å². The molecule has 0 spiro atoms. The summed E-state index contributed by atoms with van der Waals surface area (Å²) in [6.45, 7) is 8.25. The predicted molar refractivity (Wildman–Crippen MR) is 72.8 cm³/mol. The van der Waals surface area contributed by atoms with E-state index < -0.39 is 0 Å². The normalized spacial score (nSPS) is 11.1. The Morgan fingerprint density at radius 1 is 1.24 bits per heavy atom. The third-order valence-electron chi connectivity index (χ3n) is 2.96. The van der Waals surface area contributed by atoms with Gasteiger partial charge in [-0.2, -0.15) is 0 Å². The molecule has 3 nitrogen and oxygen atoms in total. The van der Waals surface area contributed by atoms with E-state index in [0.717, 1.165) is 38.3 Å². The quantitative estimate of drug-likeness (QED) is 0.703. The lowest BCUT2D eigenvalue weighted by atomic mass is 10.2. The Labute approximate surface area is 105 Å². The van der Waals surface area contributed by atoms with Crippen LogP contribution in [-0.2, 0) is 6.54 Å². The summed E-state index contributed by atoms with van der Waals surface area (Å²) in [7, 11) is 0. The van der Waals surface area contributed by atoms with Gasteiger partial charge in [0.25, 0.3) is 0 Å². The van der Waals surface area contributed by atoms with E-state index in [4.69, 9.17) is 5.73 Å². The highest BCUT2D eigenvalue weighted by molar-refractivity contribution is 5.09. The fourth-order valence-corrected chi connectivity index (χ4v) is 1.92. The molecule has 0 radical (unpaired) electrons. The maximum absolute atomic E-state index is 5.49. The molecule has 0 unspecified atom stereocenters. The number of hydrogen-bond donors (Lipinski definition) is 1. The van der Waals surface area contributed by atoms with Gasteiger partial charge in [-0.25, -0.2) is 0 Å². The first kappa shape index (κ1) is 14.1. The molecule has 1 heterocycles. The highest BCUT2D eigenvalue weighted by atomic mass is 15.1. The van der Waals surface area contributed by atoms with Crippen LogP contribution in [0.25, 0.3) is 0 Å². The average Bonchev–Trinajstić information content (AvgIpc) is 2.33. The summed E-state index contributed by atoms with van der Waals surface area (Å²) in [5, 5.41) is 0. The van der Waals surface area contributed by atoms with Gasteiger partial charge in [-0.15, -0.1) is 0 Å². The van der Waals surface area contributed by atoms with Crippen molar-refractivity contribution in [1.82, 2.24) is 9.88 Å². The molecule has 0 fully saturated rings. The topological polar surface area (TPSA) is 42.1 Å². The number of unbranched alkanes of at least 4 members (excludes halogenated alkanes) is 2. The van der Waals surface area contributed by atoms with Crippen LogP contribution in [0.2, 0.25) is 0 Å². The van der Waals surface area contributed by atoms with Gasteiger partial charge in [-0.3, -0.25) is 9.88 Å². The third kappa shape index (κ3) is 5.80. The third-order valence-corrected chi connectivity index (χ3v) is 2.96. The molecule has 1 aromatic rings. The van der Waals surface area contributed by atoms with Crippen LogP contribution < -0.4 is 5.73 Å². The van der Waals surface area contributed by atoms with Gasteiger partial charge < -0.3 is 5.73 Å². The van der Waals surface area contributed by atoms with Crippen LogP contribution >= 0.6 is 0 Å². The lowest BCUT2D eigenvalue weighted by Gasteiger charge is -2.19. The van der Waals surface area contributed by atoms with Crippen molar-refractivity contribution in [2.75, 3.05) is 19.6 Å². The van der Waals surface area contributed by atoms with Gasteiger partial charge in [-0.05, 0) is 51.5 Å². The smallest absolute Gasteiger partial charge is 0.0547 e. The van der Waals surface area contributed by atoms with Crippen LogP contribution in [0.4, 0.5) is 0 Å². The number of aryl methyl sites for hydroxylation is 1. The van der Waals surface area contributed by atoms with Crippen LogP contribution in [0.3, 0.4) is 0 Å². The first-order chi connectivity index (χ1) is 8.26. The van der Waals surface area contributed by atoms with Gasteiger partial charge in [0.1, 0.15) is 0 Å². The number of rotatable bonds is 8. The molecule has 0 bridgehead atoms. The number of nitrogens with zero attached hydrogens (tertiary/aromatic N) is 2. The van der Waals surface area contributed by atoms with Gasteiger partial charge >= 0.3 is 0 Å². The predicted octanol–water partition coefficient (Wildman–Crippen LogP) is 2.34. The maximum atomic E-state index is 5.49. The zero-order chi connectivity index (χ0) is 12.5. The van der Waals surface area contributed by atoms with Crippen molar-refractivity contribution in [2.45, 2.75) is 39.7 Å².